The summed E-state index contributed by atoms with van der Waals surface area (Å²) in [5, 5.41) is 13.6. The first-order valence-electron chi connectivity index (χ1n) is 6.33. The van der Waals surface area contributed by atoms with Crippen molar-refractivity contribution < 1.29 is 14.4 Å². The minimum Gasteiger partial charge on any atom is -0.370 e. The molecule has 0 unspecified atom stereocenters. The second-order valence-electron chi connectivity index (χ2n) is 4.19. The van der Waals surface area contributed by atoms with E-state index in [1.165, 1.54) is 14.2 Å². The van der Waals surface area contributed by atoms with Gasteiger partial charge in [0.1, 0.15) is 0 Å². The van der Waals surface area contributed by atoms with E-state index in [1.54, 1.807) is 24.3 Å². The van der Waals surface area contributed by atoms with Gasteiger partial charge in [0.15, 0.2) is 12.1 Å². The number of methoxy groups -OCH3 is 2. The lowest BCUT2D eigenvalue weighted by Crippen LogP contribution is -2.37. The molecular weight excluding hydrogens is 276 g/mol. The molecule has 0 aliphatic heterocycles. The van der Waals surface area contributed by atoms with Crippen molar-refractivity contribution in [1.29, 1.82) is 0 Å². The maximum Gasteiger partial charge on any atom is 0.274 e. The molecule has 0 aliphatic rings. The molecule has 116 valence electrons. The summed E-state index contributed by atoms with van der Waals surface area (Å²) in [4.78, 5) is 16.0. The van der Waals surface area contributed by atoms with Gasteiger partial charge >= 0.3 is 0 Å². The Hall–Kier alpha value is -2.19. The van der Waals surface area contributed by atoms with Gasteiger partial charge in [-0.05, 0) is 11.6 Å². The van der Waals surface area contributed by atoms with Gasteiger partial charge in [-0.15, -0.1) is 0 Å². The largest absolute Gasteiger partial charge is 0.370 e. The number of hydrogen-bond acceptors (Lipinski definition) is 7. The van der Waals surface area contributed by atoms with Crippen molar-refractivity contribution in [2.24, 2.45) is 0 Å². The molecule has 0 aliphatic carbocycles. The fourth-order valence-corrected chi connectivity index (χ4v) is 1.79. The van der Waals surface area contributed by atoms with Crippen molar-refractivity contribution in [2.75, 3.05) is 27.8 Å². The van der Waals surface area contributed by atoms with Crippen LogP contribution >= 0.6 is 0 Å². The lowest BCUT2D eigenvalue weighted by atomic mass is 10.2. The number of ether oxygens (including phenoxy) is 2. The summed E-state index contributed by atoms with van der Waals surface area (Å²) in [5.74, 6) is 0.364. The standard InChI is InChI=1S/C13H20N4O4/c1-14-12(9-17(18)19)16(10-13(20-2)21-3)8-11-5-4-6-15-7-11/h4-7,9,13-14H,8,10H2,1-3H3/b12-9+. The van der Waals surface area contributed by atoms with E-state index < -0.39 is 11.2 Å². The van der Waals surface area contributed by atoms with Crippen LogP contribution in [0.4, 0.5) is 0 Å². The van der Waals surface area contributed by atoms with Crippen LogP contribution in [0.1, 0.15) is 5.56 Å². The van der Waals surface area contributed by atoms with Crippen LogP contribution in [0.15, 0.2) is 36.5 Å². The van der Waals surface area contributed by atoms with E-state index in [9.17, 15) is 10.1 Å². The molecule has 0 amide bonds. The van der Waals surface area contributed by atoms with Crippen LogP contribution in [0.25, 0.3) is 0 Å². The van der Waals surface area contributed by atoms with Gasteiger partial charge in [0, 0.05) is 40.2 Å². The topological polar surface area (TPSA) is 89.8 Å². The third-order valence-corrected chi connectivity index (χ3v) is 2.82. The summed E-state index contributed by atoms with van der Waals surface area (Å²) in [6.07, 6.45) is 3.80. The van der Waals surface area contributed by atoms with Crippen LogP contribution < -0.4 is 5.32 Å². The van der Waals surface area contributed by atoms with Crippen LogP contribution in [0, 0.1) is 10.1 Å². The molecule has 21 heavy (non-hydrogen) atoms. The highest BCUT2D eigenvalue weighted by Gasteiger charge is 2.18. The van der Waals surface area contributed by atoms with Gasteiger partial charge < -0.3 is 19.7 Å². The number of rotatable bonds is 9. The molecule has 1 aromatic rings. The zero-order valence-corrected chi connectivity index (χ0v) is 12.4. The molecule has 0 spiro atoms. The van der Waals surface area contributed by atoms with Crippen molar-refractivity contribution in [1.82, 2.24) is 15.2 Å². The van der Waals surface area contributed by atoms with Crippen molar-refractivity contribution in [3.63, 3.8) is 0 Å². The fourth-order valence-electron chi connectivity index (χ4n) is 1.79. The average molecular weight is 296 g/mol. The molecule has 1 aromatic heterocycles. The average Bonchev–Trinajstić information content (AvgIpc) is 2.50. The predicted octanol–water partition coefficient (Wildman–Crippen LogP) is 0.798. The lowest BCUT2D eigenvalue weighted by molar-refractivity contribution is -0.404. The van der Waals surface area contributed by atoms with E-state index in [0.29, 0.717) is 18.9 Å². The molecule has 1 rings (SSSR count). The molecule has 0 atom stereocenters. The van der Waals surface area contributed by atoms with Crippen LogP contribution in [-0.2, 0) is 16.0 Å². The van der Waals surface area contributed by atoms with Crippen LogP contribution in [0.3, 0.4) is 0 Å². The summed E-state index contributed by atoms with van der Waals surface area (Å²) in [7, 11) is 4.67. The quantitative estimate of drug-likeness (QED) is 0.409. The Kier molecular flexibility index (Phi) is 7.13. The molecular formula is C13H20N4O4. The van der Waals surface area contributed by atoms with E-state index in [1.807, 2.05) is 12.1 Å². The molecule has 1 heterocycles. The number of pyridine rings is 1. The second kappa shape index (κ2) is 8.88. The summed E-state index contributed by atoms with van der Waals surface area (Å²) in [6.45, 7) is 0.778. The third-order valence-electron chi connectivity index (χ3n) is 2.82. The van der Waals surface area contributed by atoms with Gasteiger partial charge in [-0.3, -0.25) is 15.1 Å². The first kappa shape index (κ1) is 16.9. The zero-order valence-electron chi connectivity index (χ0n) is 12.4. The highest BCUT2D eigenvalue weighted by molar-refractivity contribution is 5.10. The van der Waals surface area contributed by atoms with Crippen molar-refractivity contribution in [2.45, 2.75) is 12.8 Å². The molecule has 0 bridgehead atoms. The maximum atomic E-state index is 10.7. The number of aromatic nitrogens is 1. The Balaban J connectivity index is 2.95. The van der Waals surface area contributed by atoms with Crippen LogP contribution in [0.5, 0.6) is 0 Å². The predicted molar refractivity (Wildman–Crippen MR) is 76.6 cm³/mol. The van der Waals surface area contributed by atoms with E-state index in [2.05, 4.69) is 10.3 Å². The third kappa shape index (κ3) is 5.76. The molecule has 1 N–H and O–H groups in total. The minimum absolute atomic E-state index is 0.336. The molecule has 8 heteroatoms. The minimum atomic E-state index is -0.503. The van der Waals surface area contributed by atoms with Crippen LogP contribution in [0.2, 0.25) is 0 Å². The zero-order chi connectivity index (χ0) is 15.7. The van der Waals surface area contributed by atoms with Gasteiger partial charge in [-0.2, -0.15) is 0 Å². The van der Waals surface area contributed by atoms with E-state index in [4.69, 9.17) is 9.47 Å². The Labute approximate surface area is 123 Å². The number of hydrogen-bond donors (Lipinski definition) is 1. The molecule has 0 saturated carbocycles. The smallest absolute Gasteiger partial charge is 0.274 e. The van der Waals surface area contributed by atoms with E-state index in [-0.39, 0.29) is 0 Å². The Morgan fingerprint density at radius 3 is 2.76 bits per heavy atom. The number of nitrogens with one attached hydrogen (secondary N) is 1. The van der Waals surface area contributed by atoms with Crippen LogP contribution in [-0.4, -0.2) is 48.9 Å². The molecule has 0 radical (unpaired) electrons. The molecule has 8 nitrogen and oxygen atoms in total. The number of nitrogens with zero attached hydrogens (tertiary/aromatic N) is 3. The van der Waals surface area contributed by atoms with Crippen molar-refractivity contribution in [3.05, 3.63) is 52.2 Å². The lowest BCUT2D eigenvalue weighted by Gasteiger charge is -2.28. The Morgan fingerprint density at radius 1 is 1.57 bits per heavy atom. The van der Waals surface area contributed by atoms with Crippen molar-refractivity contribution in [3.8, 4) is 0 Å². The highest BCUT2D eigenvalue weighted by Crippen LogP contribution is 2.11. The summed E-state index contributed by atoms with van der Waals surface area (Å²) in [5.41, 5.74) is 0.924. The Bertz CT molecular complexity index is 462. The molecule has 0 saturated heterocycles. The SMILES string of the molecule is CN/C(=C\[N+](=O)[O-])N(Cc1cccnc1)CC(OC)OC. The summed E-state index contributed by atoms with van der Waals surface area (Å²) in [6, 6.07) is 3.71. The normalized spacial score (nSPS) is 11.5. The molecule has 0 aromatic carbocycles. The van der Waals surface area contributed by atoms with Gasteiger partial charge in [0.05, 0.1) is 11.5 Å². The van der Waals surface area contributed by atoms with Gasteiger partial charge in [0.2, 0.25) is 0 Å². The van der Waals surface area contributed by atoms with E-state index in [0.717, 1.165) is 11.8 Å². The van der Waals surface area contributed by atoms with Gasteiger partial charge in [-0.25, -0.2) is 0 Å². The maximum absolute atomic E-state index is 10.7. The Morgan fingerprint density at radius 2 is 2.29 bits per heavy atom. The second-order valence-corrected chi connectivity index (χ2v) is 4.19. The summed E-state index contributed by atoms with van der Waals surface area (Å²) >= 11 is 0. The van der Waals surface area contributed by atoms with E-state index >= 15 is 0 Å². The fraction of sp³-hybridized carbons (Fsp3) is 0.462. The molecule has 0 fully saturated rings. The van der Waals surface area contributed by atoms with Crippen molar-refractivity contribution >= 4 is 0 Å². The first-order valence-corrected chi connectivity index (χ1v) is 6.33. The summed E-state index contributed by atoms with van der Waals surface area (Å²) < 4.78 is 10.3. The monoisotopic (exact) mass is 296 g/mol. The van der Waals surface area contributed by atoms with Gasteiger partial charge in [-0.1, -0.05) is 6.07 Å². The van der Waals surface area contributed by atoms with Gasteiger partial charge in [0.25, 0.3) is 6.20 Å². The highest BCUT2D eigenvalue weighted by atomic mass is 16.7. The first-order chi connectivity index (χ1) is 10.1. The number of nitro groups is 1.